The Morgan fingerprint density at radius 3 is 2.84 bits per heavy atom. The van der Waals surface area contributed by atoms with Gasteiger partial charge in [-0.25, -0.2) is 9.78 Å². The van der Waals surface area contributed by atoms with Crippen molar-refractivity contribution in [1.82, 2.24) is 4.98 Å². The number of rotatable bonds is 4. The zero-order chi connectivity index (χ0) is 13.7. The summed E-state index contributed by atoms with van der Waals surface area (Å²) in [7, 11) is 0. The summed E-state index contributed by atoms with van der Waals surface area (Å²) >= 11 is 1.33. The summed E-state index contributed by atoms with van der Waals surface area (Å²) in [5.41, 5.74) is 2.64. The number of nitrogens with one attached hydrogen (secondary N) is 1. The van der Waals surface area contributed by atoms with E-state index in [0.717, 1.165) is 0 Å². The number of carbonyl (C=O) groups excluding carboxylic acids is 2. The van der Waals surface area contributed by atoms with Crippen LogP contribution >= 0.6 is 11.3 Å². The first-order valence-electron chi connectivity index (χ1n) is 5.68. The van der Waals surface area contributed by atoms with Crippen LogP contribution in [0.15, 0.2) is 35.2 Å². The van der Waals surface area contributed by atoms with E-state index in [4.69, 9.17) is 4.74 Å². The fourth-order valence-electron chi connectivity index (χ4n) is 1.49. The monoisotopic (exact) mass is 276 g/mol. The topological polar surface area (TPSA) is 68.3 Å². The minimum absolute atomic E-state index is 0.285. The Bertz CT molecular complexity index is 581. The van der Waals surface area contributed by atoms with E-state index in [2.05, 4.69) is 10.3 Å². The molecule has 2 aromatic rings. The second-order valence-electron chi connectivity index (χ2n) is 3.59. The number of aromatic nitrogens is 1. The Morgan fingerprint density at radius 2 is 2.16 bits per heavy atom. The number of nitrogens with zero attached hydrogens (tertiary/aromatic N) is 1. The molecule has 19 heavy (non-hydrogen) atoms. The molecular weight excluding hydrogens is 264 g/mol. The highest BCUT2D eigenvalue weighted by atomic mass is 32.1. The Balaban J connectivity index is 2.21. The van der Waals surface area contributed by atoms with Crippen LogP contribution in [0.1, 0.15) is 27.8 Å². The lowest BCUT2D eigenvalue weighted by atomic mass is 10.1. The number of ether oxygens (including phenoxy) is 1. The summed E-state index contributed by atoms with van der Waals surface area (Å²) in [6, 6.07) is 6.70. The Labute approximate surface area is 114 Å². The second-order valence-corrected chi connectivity index (χ2v) is 4.31. The van der Waals surface area contributed by atoms with E-state index in [1.165, 1.54) is 11.3 Å². The lowest BCUT2D eigenvalue weighted by molar-refractivity contribution is 0.0527. The fourth-order valence-corrected chi connectivity index (χ4v) is 2.02. The highest BCUT2D eigenvalue weighted by molar-refractivity contribution is 7.07. The van der Waals surface area contributed by atoms with Crippen LogP contribution in [0.5, 0.6) is 0 Å². The molecule has 1 N–H and O–H groups in total. The Hall–Kier alpha value is -2.21. The zero-order valence-electron chi connectivity index (χ0n) is 10.3. The molecule has 0 fully saturated rings. The molecule has 0 spiro atoms. The predicted octanol–water partition coefficient (Wildman–Crippen LogP) is 2.57. The molecule has 1 aromatic heterocycles. The first-order valence-corrected chi connectivity index (χ1v) is 6.62. The van der Waals surface area contributed by atoms with E-state index >= 15 is 0 Å². The molecule has 0 saturated heterocycles. The maximum atomic E-state index is 11.9. The number of para-hydroxylation sites is 1. The molecule has 0 saturated carbocycles. The molecular formula is C13H12N2O3S. The maximum Gasteiger partial charge on any atom is 0.340 e. The minimum atomic E-state index is -0.461. The van der Waals surface area contributed by atoms with E-state index in [-0.39, 0.29) is 12.5 Å². The lowest BCUT2D eigenvalue weighted by Crippen LogP contribution is -2.16. The zero-order valence-corrected chi connectivity index (χ0v) is 11.1. The molecule has 0 aliphatic carbocycles. The van der Waals surface area contributed by atoms with E-state index < -0.39 is 5.97 Å². The molecule has 2 rings (SSSR count). The van der Waals surface area contributed by atoms with Crippen LogP contribution < -0.4 is 5.32 Å². The van der Waals surface area contributed by atoms with E-state index in [0.29, 0.717) is 16.9 Å². The van der Waals surface area contributed by atoms with Gasteiger partial charge >= 0.3 is 5.97 Å². The number of hydrogen-bond donors (Lipinski definition) is 1. The number of esters is 1. The largest absolute Gasteiger partial charge is 0.462 e. The Morgan fingerprint density at radius 1 is 1.37 bits per heavy atom. The van der Waals surface area contributed by atoms with Gasteiger partial charge in [-0.15, -0.1) is 11.3 Å². The summed E-state index contributed by atoms with van der Waals surface area (Å²) in [6.07, 6.45) is 0. The molecule has 1 heterocycles. The van der Waals surface area contributed by atoms with Gasteiger partial charge in [0.05, 0.1) is 23.4 Å². The van der Waals surface area contributed by atoms with Crippen LogP contribution in [0.2, 0.25) is 0 Å². The van der Waals surface area contributed by atoms with Gasteiger partial charge in [-0.05, 0) is 19.1 Å². The van der Waals surface area contributed by atoms with Gasteiger partial charge in [0.2, 0.25) is 0 Å². The minimum Gasteiger partial charge on any atom is -0.462 e. The molecule has 6 heteroatoms. The van der Waals surface area contributed by atoms with Crippen molar-refractivity contribution in [3.63, 3.8) is 0 Å². The van der Waals surface area contributed by atoms with E-state index in [1.807, 2.05) is 0 Å². The summed E-state index contributed by atoms with van der Waals surface area (Å²) in [4.78, 5) is 27.5. The van der Waals surface area contributed by atoms with Crippen LogP contribution in [0, 0.1) is 0 Å². The van der Waals surface area contributed by atoms with Crippen LogP contribution in [0.3, 0.4) is 0 Å². The standard InChI is InChI=1S/C13H12N2O3S/c1-2-18-13(17)9-5-3-4-6-10(9)15-12(16)11-7-19-8-14-11/h3-8H,2H2,1H3,(H,15,16). The molecule has 0 aliphatic heterocycles. The summed E-state index contributed by atoms with van der Waals surface area (Å²) in [6.45, 7) is 2.02. The van der Waals surface area contributed by atoms with Crippen molar-refractivity contribution in [1.29, 1.82) is 0 Å². The van der Waals surface area contributed by atoms with E-state index in [9.17, 15) is 9.59 Å². The van der Waals surface area contributed by atoms with Crippen LogP contribution in [-0.2, 0) is 4.74 Å². The van der Waals surface area contributed by atoms with Crippen molar-refractivity contribution in [2.75, 3.05) is 11.9 Å². The smallest absolute Gasteiger partial charge is 0.340 e. The van der Waals surface area contributed by atoms with Crippen molar-refractivity contribution < 1.29 is 14.3 Å². The van der Waals surface area contributed by atoms with Crippen LogP contribution in [-0.4, -0.2) is 23.5 Å². The average molecular weight is 276 g/mol. The first kappa shape index (κ1) is 13.2. The molecule has 1 amide bonds. The number of amides is 1. The van der Waals surface area contributed by atoms with Gasteiger partial charge in [-0.1, -0.05) is 12.1 Å². The number of thiazole rings is 1. The van der Waals surface area contributed by atoms with Gasteiger partial charge in [-0.3, -0.25) is 4.79 Å². The number of anilines is 1. The average Bonchev–Trinajstić information content (AvgIpc) is 2.93. The third-order valence-electron chi connectivity index (χ3n) is 2.34. The van der Waals surface area contributed by atoms with Gasteiger partial charge < -0.3 is 10.1 Å². The molecule has 0 unspecified atom stereocenters. The second kappa shape index (κ2) is 6.10. The number of carbonyl (C=O) groups is 2. The SMILES string of the molecule is CCOC(=O)c1ccccc1NC(=O)c1cscn1. The molecule has 98 valence electrons. The normalized spacial score (nSPS) is 9.95. The van der Waals surface area contributed by atoms with Gasteiger partial charge in [0.25, 0.3) is 5.91 Å². The molecule has 0 atom stereocenters. The summed E-state index contributed by atoms with van der Waals surface area (Å²) in [5.74, 6) is -0.810. The molecule has 0 radical (unpaired) electrons. The number of benzene rings is 1. The van der Waals surface area contributed by atoms with Crippen LogP contribution in [0.4, 0.5) is 5.69 Å². The van der Waals surface area contributed by atoms with Gasteiger partial charge in [0, 0.05) is 5.38 Å². The maximum absolute atomic E-state index is 11.9. The highest BCUT2D eigenvalue weighted by Crippen LogP contribution is 2.17. The summed E-state index contributed by atoms with van der Waals surface area (Å²) < 4.78 is 4.94. The van der Waals surface area contributed by atoms with Gasteiger partial charge in [0.1, 0.15) is 5.69 Å². The number of hydrogen-bond acceptors (Lipinski definition) is 5. The quantitative estimate of drug-likeness (QED) is 0.871. The predicted molar refractivity (Wildman–Crippen MR) is 72.5 cm³/mol. The van der Waals surface area contributed by atoms with Crippen molar-refractivity contribution in [2.24, 2.45) is 0 Å². The van der Waals surface area contributed by atoms with E-state index in [1.54, 1.807) is 42.1 Å². The van der Waals surface area contributed by atoms with Crippen molar-refractivity contribution >= 4 is 28.9 Å². The molecule has 1 aromatic carbocycles. The van der Waals surface area contributed by atoms with Crippen molar-refractivity contribution in [3.05, 3.63) is 46.4 Å². The highest BCUT2D eigenvalue weighted by Gasteiger charge is 2.15. The van der Waals surface area contributed by atoms with Crippen molar-refractivity contribution in [2.45, 2.75) is 6.92 Å². The van der Waals surface area contributed by atoms with Crippen LogP contribution in [0.25, 0.3) is 0 Å². The molecule has 5 nitrogen and oxygen atoms in total. The Kier molecular flexibility index (Phi) is 4.25. The third-order valence-corrected chi connectivity index (χ3v) is 2.92. The molecule has 0 bridgehead atoms. The first-order chi connectivity index (χ1) is 9.22. The summed E-state index contributed by atoms with van der Waals surface area (Å²) in [5, 5.41) is 4.30. The van der Waals surface area contributed by atoms with Gasteiger partial charge in [-0.2, -0.15) is 0 Å². The van der Waals surface area contributed by atoms with Gasteiger partial charge in [0.15, 0.2) is 0 Å². The fraction of sp³-hybridized carbons (Fsp3) is 0.154. The molecule has 0 aliphatic rings. The lowest BCUT2D eigenvalue weighted by Gasteiger charge is -2.09. The third kappa shape index (κ3) is 3.17. The van der Waals surface area contributed by atoms with Crippen molar-refractivity contribution in [3.8, 4) is 0 Å².